The number of pyridine rings is 1. The molecule has 0 saturated heterocycles. The summed E-state index contributed by atoms with van der Waals surface area (Å²) in [5.74, 6) is 0.285. The van der Waals surface area contributed by atoms with Gasteiger partial charge in [0.2, 0.25) is 5.75 Å². The van der Waals surface area contributed by atoms with Crippen LogP contribution < -0.4 is 19.5 Å². The van der Waals surface area contributed by atoms with E-state index in [2.05, 4.69) is 27.9 Å². The van der Waals surface area contributed by atoms with Crippen LogP contribution in [0.1, 0.15) is 10.4 Å². The molecule has 184 valence electrons. The third kappa shape index (κ3) is 5.51. The van der Waals surface area contributed by atoms with Gasteiger partial charge in [0, 0.05) is 20.2 Å². The smallest absolute Gasteiger partial charge is 0.339 e. The second-order valence-corrected chi connectivity index (χ2v) is 8.86. The number of amides is 1. The van der Waals surface area contributed by atoms with Crippen LogP contribution in [0.3, 0.4) is 0 Å². The molecule has 0 saturated carbocycles. The third-order valence-corrected chi connectivity index (χ3v) is 6.08. The fraction of sp³-hybridized carbons (Fsp3) is 0.148. The highest BCUT2D eigenvalue weighted by molar-refractivity contribution is 14.1. The van der Waals surface area contributed by atoms with E-state index in [-0.39, 0.29) is 5.56 Å². The zero-order valence-electron chi connectivity index (χ0n) is 19.8. The molecule has 3 aromatic carbocycles. The highest BCUT2D eigenvalue weighted by Crippen LogP contribution is 2.41. The van der Waals surface area contributed by atoms with Gasteiger partial charge in [0.15, 0.2) is 18.1 Å². The van der Waals surface area contributed by atoms with Gasteiger partial charge in [0.25, 0.3) is 5.91 Å². The number of benzene rings is 3. The number of aromatic nitrogens is 1. The van der Waals surface area contributed by atoms with E-state index in [9.17, 15) is 9.59 Å². The number of nitrogens with one attached hydrogen (secondary N) is 1. The lowest BCUT2D eigenvalue weighted by atomic mass is 10.0. The Bertz CT molecular complexity index is 1400. The summed E-state index contributed by atoms with van der Waals surface area (Å²) in [7, 11) is 4.58. The molecule has 0 atom stereocenters. The van der Waals surface area contributed by atoms with Gasteiger partial charge in [0.1, 0.15) is 0 Å². The first-order valence-corrected chi connectivity index (χ1v) is 11.9. The van der Waals surface area contributed by atoms with Crippen molar-refractivity contribution in [2.75, 3.05) is 33.3 Å². The quantitative estimate of drug-likeness (QED) is 0.217. The molecular weight excluding hydrogens is 575 g/mol. The number of ether oxygens (including phenoxy) is 4. The third-order valence-electron chi connectivity index (χ3n) is 5.36. The molecule has 9 heteroatoms. The molecule has 0 fully saturated rings. The maximum atomic E-state index is 13.1. The molecule has 0 spiro atoms. The monoisotopic (exact) mass is 598 g/mol. The summed E-state index contributed by atoms with van der Waals surface area (Å²) in [6, 6.07) is 19.7. The number of methoxy groups -OCH3 is 3. The van der Waals surface area contributed by atoms with Gasteiger partial charge in [-0.05, 0) is 71.1 Å². The van der Waals surface area contributed by atoms with E-state index in [1.54, 1.807) is 42.5 Å². The minimum absolute atomic E-state index is 0.284. The predicted molar refractivity (Wildman–Crippen MR) is 145 cm³/mol. The molecule has 0 aliphatic carbocycles. The minimum Gasteiger partial charge on any atom is -0.493 e. The summed E-state index contributed by atoms with van der Waals surface area (Å²) >= 11 is 2.18. The first kappa shape index (κ1) is 25.2. The molecule has 1 heterocycles. The Hall–Kier alpha value is -3.86. The van der Waals surface area contributed by atoms with Crippen LogP contribution in [0.5, 0.6) is 17.2 Å². The number of esters is 1. The van der Waals surface area contributed by atoms with Crippen molar-refractivity contribution in [1.29, 1.82) is 0 Å². The number of carbonyl (C=O) groups excluding carboxylic acids is 2. The summed E-state index contributed by atoms with van der Waals surface area (Å²) < 4.78 is 22.7. The Balaban J connectivity index is 1.64. The highest BCUT2D eigenvalue weighted by atomic mass is 127. The zero-order valence-corrected chi connectivity index (χ0v) is 22.0. The van der Waals surface area contributed by atoms with Gasteiger partial charge >= 0.3 is 5.97 Å². The Morgan fingerprint density at radius 3 is 2.19 bits per heavy atom. The van der Waals surface area contributed by atoms with Gasteiger partial charge in [-0.15, -0.1) is 0 Å². The number of carbonyl (C=O) groups is 2. The van der Waals surface area contributed by atoms with Crippen LogP contribution in [0, 0.1) is 3.57 Å². The normalized spacial score (nSPS) is 10.6. The first-order valence-electron chi connectivity index (χ1n) is 10.9. The second-order valence-electron chi connectivity index (χ2n) is 7.62. The predicted octanol–water partition coefficient (Wildman–Crippen LogP) is 5.33. The maximum absolute atomic E-state index is 13.1. The van der Waals surface area contributed by atoms with Crippen molar-refractivity contribution in [3.05, 3.63) is 75.9 Å². The molecule has 36 heavy (non-hydrogen) atoms. The molecule has 1 aromatic heterocycles. The van der Waals surface area contributed by atoms with Gasteiger partial charge in [-0.1, -0.05) is 18.2 Å². The van der Waals surface area contributed by atoms with Gasteiger partial charge in [-0.2, -0.15) is 0 Å². The van der Waals surface area contributed by atoms with E-state index in [1.165, 1.54) is 21.3 Å². The van der Waals surface area contributed by atoms with Crippen molar-refractivity contribution in [3.8, 4) is 28.5 Å². The fourth-order valence-electron chi connectivity index (χ4n) is 3.66. The topological polar surface area (TPSA) is 96.0 Å². The molecule has 4 aromatic rings. The van der Waals surface area contributed by atoms with Crippen LogP contribution in [-0.4, -0.2) is 44.8 Å². The fourth-order valence-corrected chi connectivity index (χ4v) is 4.02. The van der Waals surface area contributed by atoms with Crippen LogP contribution in [0.25, 0.3) is 22.2 Å². The van der Waals surface area contributed by atoms with Gasteiger partial charge in [-0.25, -0.2) is 9.78 Å². The van der Waals surface area contributed by atoms with E-state index in [1.807, 2.05) is 24.3 Å². The van der Waals surface area contributed by atoms with Gasteiger partial charge in [0.05, 0.1) is 38.1 Å². The summed E-state index contributed by atoms with van der Waals surface area (Å²) in [4.78, 5) is 30.1. The number of hydrogen-bond acceptors (Lipinski definition) is 7. The molecule has 1 N–H and O–H groups in total. The Kier molecular flexibility index (Phi) is 7.89. The maximum Gasteiger partial charge on any atom is 0.339 e. The Morgan fingerprint density at radius 1 is 0.889 bits per heavy atom. The minimum atomic E-state index is -0.639. The van der Waals surface area contributed by atoms with E-state index in [0.717, 1.165) is 3.57 Å². The van der Waals surface area contributed by atoms with Crippen molar-refractivity contribution in [1.82, 2.24) is 4.98 Å². The van der Waals surface area contributed by atoms with E-state index >= 15 is 0 Å². The molecule has 0 aliphatic heterocycles. The lowest BCUT2D eigenvalue weighted by molar-refractivity contribution is -0.119. The SMILES string of the molecule is COc1cc(-c2cc(C(=O)OCC(=O)Nc3ccc(I)cc3)c3ccccc3n2)cc(OC)c1OC. The Morgan fingerprint density at radius 2 is 1.56 bits per heavy atom. The molecule has 0 unspecified atom stereocenters. The lowest BCUT2D eigenvalue weighted by Crippen LogP contribution is -2.21. The van der Waals surface area contributed by atoms with E-state index in [4.69, 9.17) is 23.9 Å². The molecule has 8 nitrogen and oxygen atoms in total. The molecule has 1 amide bonds. The van der Waals surface area contributed by atoms with E-state index in [0.29, 0.717) is 45.1 Å². The van der Waals surface area contributed by atoms with Gasteiger partial charge < -0.3 is 24.3 Å². The summed E-state index contributed by atoms with van der Waals surface area (Å²) in [6.45, 7) is -0.430. The summed E-state index contributed by atoms with van der Waals surface area (Å²) in [6.07, 6.45) is 0. The molecule has 0 radical (unpaired) electrons. The van der Waals surface area contributed by atoms with E-state index < -0.39 is 18.5 Å². The van der Waals surface area contributed by atoms with Crippen molar-refractivity contribution >= 4 is 51.1 Å². The zero-order chi connectivity index (χ0) is 25.7. The number of rotatable bonds is 8. The van der Waals surface area contributed by atoms with Gasteiger partial charge in [-0.3, -0.25) is 4.79 Å². The number of anilines is 1. The van der Waals surface area contributed by atoms with Crippen LogP contribution in [0.4, 0.5) is 5.69 Å². The highest BCUT2D eigenvalue weighted by Gasteiger charge is 2.19. The summed E-state index contributed by atoms with van der Waals surface area (Å²) in [5, 5.41) is 3.32. The molecular formula is C27H23IN2O6. The van der Waals surface area contributed by atoms with Crippen molar-refractivity contribution in [3.63, 3.8) is 0 Å². The van der Waals surface area contributed by atoms with Crippen LogP contribution in [0.2, 0.25) is 0 Å². The first-order chi connectivity index (χ1) is 17.4. The van der Waals surface area contributed by atoms with Crippen LogP contribution in [0.15, 0.2) is 66.7 Å². The van der Waals surface area contributed by atoms with Crippen molar-refractivity contribution < 1.29 is 28.5 Å². The van der Waals surface area contributed by atoms with Crippen LogP contribution >= 0.6 is 22.6 Å². The number of hydrogen-bond donors (Lipinski definition) is 1. The number of fused-ring (bicyclic) bond motifs is 1. The second kappa shape index (κ2) is 11.3. The van der Waals surface area contributed by atoms with Crippen molar-refractivity contribution in [2.24, 2.45) is 0 Å². The average molecular weight is 598 g/mol. The lowest BCUT2D eigenvalue weighted by Gasteiger charge is -2.15. The summed E-state index contributed by atoms with van der Waals surface area (Å²) in [5.41, 5.74) is 2.66. The standard InChI is InChI=1S/C27H23IN2O6/c1-33-23-12-16(13-24(34-2)26(23)35-3)22-14-20(19-6-4-5-7-21(19)30-22)27(32)36-15-25(31)29-18-10-8-17(28)9-11-18/h4-14H,15H2,1-3H3,(H,29,31). The van der Waals surface area contributed by atoms with Crippen LogP contribution in [-0.2, 0) is 9.53 Å². The molecule has 0 aliphatic rings. The number of para-hydroxylation sites is 1. The van der Waals surface area contributed by atoms with Crippen molar-refractivity contribution in [2.45, 2.75) is 0 Å². The molecule has 4 rings (SSSR count). The number of nitrogens with zero attached hydrogens (tertiary/aromatic N) is 1. The molecule has 0 bridgehead atoms. The number of halogens is 1. The Labute approximate surface area is 221 Å². The average Bonchev–Trinajstić information content (AvgIpc) is 2.91. The largest absolute Gasteiger partial charge is 0.493 e.